The first-order valence-corrected chi connectivity index (χ1v) is 9.51. The van der Waals surface area contributed by atoms with E-state index >= 15 is 0 Å². The van der Waals surface area contributed by atoms with Crippen LogP contribution in [0.2, 0.25) is 0 Å². The molecule has 0 spiro atoms. The highest BCUT2D eigenvalue weighted by Crippen LogP contribution is 2.24. The van der Waals surface area contributed by atoms with Crippen LogP contribution >= 0.6 is 0 Å². The number of nitrogens with zero attached hydrogens (tertiary/aromatic N) is 1. The SMILES string of the molecule is C[C@@H]1CN(Cc2ccccc2CNC(=O)[C@@H]2CCC[C@H]2N)C[C@@H](C)O1. The van der Waals surface area contributed by atoms with Crippen molar-refractivity contribution >= 4 is 5.91 Å². The number of carbonyl (C=O) groups is 1. The molecule has 0 radical (unpaired) electrons. The zero-order valence-electron chi connectivity index (χ0n) is 15.4. The highest BCUT2D eigenvalue weighted by atomic mass is 16.5. The number of rotatable bonds is 5. The molecular weight excluding hydrogens is 314 g/mol. The number of benzene rings is 1. The van der Waals surface area contributed by atoms with Gasteiger partial charge >= 0.3 is 0 Å². The second-order valence-electron chi connectivity index (χ2n) is 7.64. The van der Waals surface area contributed by atoms with E-state index in [4.69, 9.17) is 10.5 Å². The Morgan fingerprint density at radius 3 is 2.52 bits per heavy atom. The van der Waals surface area contributed by atoms with Crippen molar-refractivity contribution in [3.05, 3.63) is 35.4 Å². The Hall–Kier alpha value is -1.43. The third-order valence-corrected chi connectivity index (χ3v) is 5.37. The highest BCUT2D eigenvalue weighted by molar-refractivity contribution is 5.79. The molecule has 1 heterocycles. The van der Waals surface area contributed by atoms with Crippen molar-refractivity contribution in [1.29, 1.82) is 0 Å². The molecule has 5 heteroatoms. The summed E-state index contributed by atoms with van der Waals surface area (Å²) in [5, 5.41) is 3.10. The summed E-state index contributed by atoms with van der Waals surface area (Å²) in [5.41, 5.74) is 8.52. The van der Waals surface area contributed by atoms with E-state index in [1.807, 2.05) is 6.07 Å². The predicted molar refractivity (Wildman–Crippen MR) is 98.9 cm³/mol. The highest BCUT2D eigenvalue weighted by Gasteiger charge is 2.30. The van der Waals surface area contributed by atoms with Crippen molar-refractivity contribution in [2.75, 3.05) is 13.1 Å². The number of hydrogen-bond acceptors (Lipinski definition) is 4. The van der Waals surface area contributed by atoms with Crippen LogP contribution in [0.3, 0.4) is 0 Å². The molecule has 25 heavy (non-hydrogen) atoms. The van der Waals surface area contributed by atoms with Crippen LogP contribution in [0, 0.1) is 5.92 Å². The monoisotopic (exact) mass is 345 g/mol. The largest absolute Gasteiger partial charge is 0.373 e. The van der Waals surface area contributed by atoms with Crippen molar-refractivity contribution in [1.82, 2.24) is 10.2 Å². The first-order chi connectivity index (χ1) is 12.0. The molecule has 138 valence electrons. The van der Waals surface area contributed by atoms with Crippen LogP contribution in [-0.2, 0) is 22.6 Å². The Morgan fingerprint density at radius 2 is 1.88 bits per heavy atom. The lowest BCUT2D eigenvalue weighted by Gasteiger charge is -2.35. The Morgan fingerprint density at radius 1 is 1.20 bits per heavy atom. The standard InChI is InChI=1S/C20H31N3O2/c1-14-11-23(12-15(2)25-14)13-17-7-4-3-6-16(17)10-22-20(24)18-8-5-9-19(18)21/h3-4,6-7,14-15,18-19H,5,8-13,21H2,1-2H3,(H,22,24)/t14-,15-,18-,19-/m1/s1. The average molecular weight is 345 g/mol. The van der Waals surface area contributed by atoms with E-state index in [1.54, 1.807) is 0 Å². The number of morpholine rings is 1. The lowest BCUT2D eigenvalue weighted by Crippen LogP contribution is -2.45. The van der Waals surface area contributed by atoms with Crippen LogP contribution in [-0.4, -0.2) is 42.1 Å². The molecule has 5 nitrogen and oxygen atoms in total. The van der Waals surface area contributed by atoms with Gasteiger partial charge in [-0.25, -0.2) is 0 Å². The molecule has 3 N–H and O–H groups in total. The van der Waals surface area contributed by atoms with Gasteiger partial charge in [0.25, 0.3) is 0 Å². The van der Waals surface area contributed by atoms with E-state index in [9.17, 15) is 4.79 Å². The summed E-state index contributed by atoms with van der Waals surface area (Å²) < 4.78 is 5.82. The fourth-order valence-electron chi connectivity index (χ4n) is 4.17. The lowest BCUT2D eigenvalue weighted by atomic mass is 10.0. The van der Waals surface area contributed by atoms with E-state index in [0.29, 0.717) is 6.54 Å². The van der Waals surface area contributed by atoms with Crippen LogP contribution in [0.5, 0.6) is 0 Å². The summed E-state index contributed by atoms with van der Waals surface area (Å²) in [7, 11) is 0. The maximum atomic E-state index is 12.4. The van der Waals surface area contributed by atoms with Crippen molar-refractivity contribution < 1.29 is 9.53 Å². The predicted octanol–water partition coefficient (Wildman–Crippen LogP) is 2.04. The fraction of sp³-hybridized carbons (Fsp3) is 0.650. The Kier molecular flexibility index (Phi) is 6.10. The second kappa shape index (κ2) is 8.30. The van der Waals surface area contributed by atoms with Crippen molar-refractivity contribution in [3.8, 4) is 0 Å². The van der Waals surface area contributed by atoms with Crippen LogP contribution in [0.4, 0.5) is 0 Å². The van der Waals surface area contributed by atoms with E-state index in [-0.39, 0.29) is 30.1 Å². The number of ether oxygens (including phenoxy) is 1. The van der Waals surface area contributed by atoms with Gasteiger partial charge in [-0.3, -0.25) is 9.69 Å². The first kappa shape index (κ1) is 18.4. The van der Waals surface area contributed by atoms with Gasteiger partial charge in [-0.15, -0.1) is 0 Å². The Labute approximate surface area is 150 Å². The van der Waals surface area contributed by atoms with Gasteiger partial charge in [0.15, 0.2) is 0 Å². The summed E-state index contributed by atoms with van der Waals surface area (Å²) in [6.07, 6.45) is 3.46. The number of hydrogen-bond donors (Lipinski definition) is 2. The van der Waals surface area contributed by atoms with Gasteiger partial charge in [0.05, 0.1) is 18.1 Å². The minimum atomic E-state index is -0.0203. The normalized spacial score (nSPS) is 30.4. The molecule has 1 saturated heterocycles. The second-order valence-corrected chi connectivity index (χ2v) is 7.64. The summed E-state index contributed by atoms with van der Waals surface area (Å²) in [5.74, 6) is 0.0847. The van der Waals surface area contributed by atoms with Gasteiger partial charge in [-0.2, -0.15) is 0 Å². The zero-order chi connectivity index (χ0) is 17.8. The maximum Gasteiger partial charge on any atom is 0.224 e. The van der Waals surface area contributed by atoms with Crippen molar-refractivity contribution in [2.24, 2.45) is 11.7 Å². The molecule has 0 aromatic heterocycles. The number of nitrogens with two attached hydrogens (primary N) is 1. The molecule has 1 aliphatic heterocycles. The third-order valence-electron chi connectivity index (χ3n) is 5.37. The molecule has 0 bridgehead atoms. The first-order valence-electron chi connectivity index (χ1n) is 9.51. The fourth-order valence-corrected chi connectivity index (χ4v) is 4.17. The van der Waals surface area contributed by atoms with Gasteiger partial charge < -0.3 is 15.8 Å². The van der Waals surface area contributed by atoms with Crippen LogP contribution < -0.4 is 11.1 Å². The van der Waals surface area contributed by atoms with Crippen LogP contribution in [0.25, 0.3) is 0 Å². The minimum absolute atomic E-state index is 0.0200. The molecule has 1 aromatic rings. The van der Waals surface area contributed by atoms with E-state index in [2.05, 4.69) is 42.3 Å². The van der Waals surface area contributed by atoms with E-state index < -0.39 is 0 Å². The molecular formula is C20H31N3O2. The molecule has 1 aliphatic carbocycles. The molecule has 4 atom stereocenters. The molecule has 2 aliphatic rings. The Balaban J connectivity index is 1.60. The van der Waals surface area contributed by atoms with Crippen molar-refractivity contribution in [2.45, 2.75) is 64.4 Å². The van der Waals surface area contributed by atoms with Gasteiger partial charge in [0, 0.05) is 32.2 Å². The van der Waals surface area contributed by atoms with Gasteiger partial charge in [-0.1, -0.05) is 30.7 Å². The summed E-state index contributed by atoms with van der Waals surface area (Å²) in [6, 6.07) is 8.40. The number of carbonyl (C=O) groups excluding carboxylic acids is 1. The number of nitrogens with one attached hydrogen (secondary N) is 1. The minimum Gasteiger partial charge on any atom is -0.373 e. The van der Waals surface area contributed by atoms with E-state index in [1.165, 1.54) is 11.1 Å². The summed E-state index contributed by atoms with van der Waals surface area (Å²) >= 11 is 0. The third kappa shape index (κ3) is 4.81. The van der Waals surface area contributed by atoms with Crippen LogP contribution in [0.15, 0.2) is 24.3 Å². The zero-order valence-corrected chi connectivity index (χ0v) is 15.4. The molecule has 3 rings (SSSR count). The van der Waals surface area contributed by atoms with Gasteiger partial charge in [-0.05, 0) is 37.8 Å². The summed E-state index contributed by atoms with van der Waals surface area (Å²) in [4.78, 5) is 14.8. The van der Waals surface area contributed by atoms with Gasteiger partial charge in [0.2, 0.25) is 5.91 Å². The average Bonchev–Trinajstić information content (AvgIpc) is 2.99. The molecule has 0 unspecified atom stereocenters. The molecule has 1 amide bonds. The number of amides is 1. The topological polar surface area (TPSA) is 67.6 Å². The quantitative estimate of drug-likeness (QED) is 0.857. The van der Waals surface area contributed by atoms with Crippen LogP contribution in [0.1, 0.15) is 44.2 Å². The van der Waals surface area contributed by atoms with Gasteiger partial charge in [0.1, 0.15) is 0 Å². The van der Waals surface area contributed by atoms with Crippen molar-refractivity contribution in [3.63, 3.8) is 0 Å². The lowest BCUT2D eigenvalue weighted by molar-refractivity contribution is -0.125. The molecule has 1 saturated carbocycles. The smallest absolute Gasteiger partial charge is 0.224 e. The maximum absolute atomic E-state index is 12.4. The molecule has 1 aromatic carbocycles. The van der Waals surface area contributed by atoms with E-state index in [0.717, 1.165) is 38.9 Å². The summed E-state index contributed by atoms with van der Waals surface area (Å²) in [6.45, 7) is 7.61. The Bertz CT molecular complexity index is 582. The molecule has 2 fully saturated rings.